The van der Waals surface area contributed by atoms with Crippen molar-refractivity contribution in [3.8, 4) is 0 Å². The zero-order valence-electron chi connectivity index (χ0n) is 9.65. The van der Waals surface area contributed by atoms with Gasteiger partial charge < -0.3 is 9.80 Å². The molecule has 0 N–H and O–H groups in total. The Labute approximate surface area is 108 Å². The smallest absolute Gasteiger partial charge is 0.228 e. The molecule has 0 saturated carbocycles. The molecular formula is C11H13BrFN3O. The van der Waals surface area contributed by atoms with E-state index in [0.717, 1.165) is 0 Å². The van der Waals surface area contributed by atoms with Crippen molar-refractivity contribution >= 4 is 27.7 Å². The number of carbonyl (C=O) groups is 1. The number of nitrogens with zero attached hydrogens (tertiary/aromatic N) is 3. The Hall–Kier alpha value is -1.17. The maximum absolute atomic E-state index is 13.6. The monoisotopic (exact) mass is 301 g/mol. The number of rotatable bonds is 2. The van der Waals surface area contributed by atoms with Crippen molar-refractivity contribution in [2.75, 3.05) is 32.1 Å². The minimum absolute atomic E-state index is 0.0464. The van der Waals surface area contributed by atoms with Crippen LogP contribution >= 0.6 is 15.9 Å². The summed E-state index contributed by atoms with van der Waals surface area (Å²) in [6.07, 6.45) is 1.56. The second-order valence-corrected chi connectivity index (χ2v) is 5.21. The molecule has 0 spiro atoms. The highest BCUT2D eigenvalue weighted by Crippen LogP contribution is 2.27. The lowest BCUT2D eigenvalue weighted by Crippen LogP contribution is -2.54. The van der Waals surface area contributed by atoms with Crippen LogP contribution in [0.5, 0.6) is 0 Å². The topological polar surface area (TPSA) is 36.4 Å². The van der Waals surface area contributed by atoms with Gasteiger partial charge in [-0.2, -0.15) is 0 Å². The van der Waals surface area contributed by atoms with Crippen molar-refractivity contribution in [3.05, 3.63) is 22.6 Å². The van der Waals surface area contributed by atoms with Crippen LogP contribution in [0, 0.1) is 11.7 Å². The summed E-state index contributed by atoms with van der Waals surface area (Å²) in [6.45, 7) is 1.06. The van der Waals surface area contributed by atoms with Gasteiger partial charge in [0.25, 0.3) is 0 Å². The first-order valence-electron chi connectivity index (χ1n) is 5.26. The third-order valence-electron chi connectivity index (χ3n) is 2.76. The predicted octanol–water partition coefficient (Wildman–Crippen LogP) is 1.51. The number of halogens is 2. The van der Waals surface area contributed by atoms with Crippen LogP contribution in [0.3, 0.4) is 0 Å². The number of anilines is 1. The Morgan fingerprint density at radius 3 is 2.76 bits per heavy atom. The van der Waals surface area contributed by atoms with E-state index in [1.165, 1.54) is 6.07 Å². The fourth-order valence-electron chi connectivity index (χ4n) is 1.81. The molecule has 0 radical (unpaired) electrons. The lowest BCUT2D eigenvalue weighted by Gasteiger charge is -2.40. The van der Waals surface area contributed by atoms with E-state index in [1.54, 1.807) is 30.1 Å². The van der Waals surface area contributed by atoms with Crippen molar-refractivity contribution in [2.24, 2.45) is 5.92 Å². The van der Waals surface area contributed by atoms with Crippen molar-refractivity contribution in [3.63, 3.8) is 0 Å². The van der Waals surface area contributed by atoms with Crippen LogP contribution in [0.4, 0.5) is 10.2 Å². The Balaban J connectivity index is 2.02. The van der Waals surface area contributed by atoms with Gasteiger partial charge in [-0.1, -0.05) is 0 Å². The van der Waals surface area contributed by atoms with Gasteiger partial charge in [-0.3, -0.25) is 4.79 Å². The Bertz CT molecular complexity index is 446. The molecule has 17 heavy (non-hydrogen) atoms. The molecule has 0 atom stereocenters. The number of carbonyl (C=O) groups excluding carboxylic acids is 1. The van der Waals surface area contributed by atoms with E-state index in [4.69, 9.17) is 0 Å². The highest BCUT2D eigenvalue weighted by molar-refractivity contribution is 9.10. The first-order chi connectivity index (χ1) is 7.99. The molecule has 1 aliphatic rings. The van der Waals surface area contributed by atoms with E-state index in [9.17, 15) is 9.18 Å². The maximum atomic E-state index is 13.6. The lowest BCUT2D eigenvalue weighted by atomic mass is 9.99. The Kier molecular flexibility index (Phi) is 3.33. The largest absolute Gasteiger partial charge is 0.352 e. The Morgan fingerprint density at radius 1 is 1.59 bits per heavy atom. The van der Waals surface area contributed by atoms with Crippen molar-refractivity contribution in [1.82, 2.24) is 9.88 Å². The molecule has 2 rings (SSSR count). The fourth-order valence-corrected chi connectivity index (χ4v) is 2.12. The molecule has 1 aliphatic heterocycles. The van der Waals surface area contributed by atoms with Crippen LogP contribution in [0.15, 0.2) is 16.7 Å². The molecule has 1 saturated heterocycles. The lowest BCUT2D eigenvalue weighted by molar-refractivity contribution is -0.133. The molecule has 92 valence electrons. The third kappa shape index (κ3) is 2.41. The minimum Gasteiger partial charge on any atom is -0.352 e. The zero-order chi connectivity index (χ0) is 12.6. The number of hydrogen-bond donors (Lipinski definition) is 0. The van der Waals surface area contributed by atoms with E-state index < -0.39 is 0 Å². The third-order valence-corrected chi connectivity index (χ3v) is 3.19. The first-order valence-corrected chi connectivity index (χ1v) is 6.05. The molecule has 2 heterocycles. The Morgan fingerprint density at radius 2 is 2.24 bits per heavy atom. The molecule has 0 aliphatic carbocycles. The molecule has 1 amide bonds. The summed E-state index contributed by atoms with van der Waals surface area (Å²) in [5.74, 6) is -0.0141. The summed E-state index contributed by atoms with van der Waals surface area (Å²) in [6, 6.07) is 1.38. The zero-order valence-corrected chi connectivity index (χ0v) is 11.2. The standard InChI is InChI=1S/C11H13BrFN3O/c1-15(2)11(17)7-5-16(6-7)10-9(13)3-8(12)4-14-10/h3-4,7H,5-6H2,1-2H3. The molecular weight excluding hydrogens is 289 g/mol. The summed E-state index contributed by atoms with van der Waals surface area (Å²) in [4.78, 5) is 19.0. The molecule has 1 aromatic rings. The van der Waals surface area contributed by atoms with E-state index in [-0.39, 0.29) is 17.6 Å². The van der Waals surface area contributed by atoms with Crippen LogP contribution in [-0.4, -0.2) is 43.0 Å². The fraction of sp³-hybridized carbons (Fsp3) is 0.455. The molecule has 6 heteroatoms. The average molecular weight is 302 g/mol. The molecule has 0 bridgehead atoms. The van der Waals surface area contributed by atoms with Crippen LogP contribution < -0.4 is 4.90 Å². The minimum atomic E-state index is -0.366. The van der Waals surface area contributed by atoms with E-state index >= 15 is 0 Å². The summed E-state index contributed by atoms with van der Waals surface area (Å²) < 4.78 is 14.2. The van der Waals surface area contributed by atoms with Gasteiger partial charge >= 0.3 is 0 Å². The number of amides is 1. The van der Waals surface area contributed by atoms with Crippen molar-refractivity contribution in [1.29, 1.82) is 0 Å². The van der Waals surface area contributed by atoms with Crippen molar-refractivity contribution < 1.29 is 9.18 Å². The molecule has 4 nitrogen and oxygen atoms in total. The number of hydrogen-bond acceptors (Lipinski definition) is 3. The van der Waals surface area contributed by atoms with Crippen molar-refractivity contribution in [2.45, 2.75) is 0 Å². The highest BCUT2D eigenvalue weighted by atomic mass is 79.9. The predicted molar refractivity (Wildman–Crippen MR) is 66.3 cm³/mol. The van der Waals surface area contributed by atoms with Gasteiger partial charge in [0.1, 0.15) is 0 Å². The molecule has 1 aromatic heterocycles. The number of aromatic nitrogens is 1. The summed E-state index contributed by atoms with van der Waals surface area (Å²) in [5.41, 5.74) is 0. The van der Waals surface area contributed by atoms with Gasteiger partial charge in [0.15, 0.2) is 11.6 Å². The summed E-state index contributed by atoms with van der Waals surface area (Å²) in [5, 5.41) is 0. The van der Waals surface area contributed by atoms with Gasteiger partial charge in [0, 0.05) is 37.9 Å². The van der Waals surface area contributed by atoms with Gasteiger partial charge in [-0.25, -0.2) is 9.37 Å². The average Bonchev–Trinajstić information content (AvgIpc) is 2.18. The van der Waals surface area contributed by atoms with Crippen LogP contribution in [-0.2, 0) is 4.79 Å². The van der Waals surface area contributed by atoms with Gasteiger partial charge in [0.05, 0.1) is 5.92 Å². The van der Waals surface area contributed by atoms with Crippen LogP contribution in [0.25, 0.3) is 0 Å². The highest BCUT2D eigenvalue weighted by Gasteiger charge is 2.35. The van der Waals surface area contributed by atoms with E-state index in [0.29, 0.717) is 23.4 Å². The first kappa shape index (κ1) is 12.3. The summed E-state index contributed by atoms with van der Waals surface area (Å²) in [7, 11) is 3.45. The van der Waals surface area contributed by atoms with Crippen LogP contribution in [0.2, 0.25) is 0 Å². The van der Waals surface area contributed by atoms with Gasteiger partial charge in [-0.15, -0.1) is 0 Å². The van der Waals surface area contributed by atoms with Gasteiger partial charge in [0.2, 0.25) is 5.91 Å². The van der Waals surface area contributed by atoms with Gasteiger partial charge in [-0.05, 0) is 22.0 Å². The second kappa shape index (κ2) is 4.60. The van der Waals surface area contributed by atoms with E-state index in [1.807, 2.05) is 0 Å². The molecule has 0 unspecified atom stereocenters. The quantitative estimate of drug-likeness (QED) is 0.831. The molecule has 1 fully saturated rings. The van der Waals surface area contributed by atoms with E-state index in [2.05, 4.69) is 20.9 Å². The normalized spacial score (nSPS) is 15.6. The summed E-state index contributed by atoms with van der Waals surface area (Å²) >= 11 is 3.16. The van der Waals surface area contributed by atoms with Crippen LogP contribution in [0.1, 0.15) is 0 Å². The number of pyridine rings is 1. The second-order valence-electron chi connectivity index (χ2n) is 4.29. The SMILES string of the molecule is CN(C)C(=O)C1CN(c2ncc(Br)cc2F)C1. The maximum Gasteiger partial charge on any atom is 0.228 e. The molecule has 0 aromatic carbocycles.